The van der Waals surface area contributed by atoms with E-state index in [4.69, 9.17) is 9.47 Å². The van der Waals surface area contributed by atoms with Gasteiger partial charge in [-0.05, 0) is 47.2 Å². The van der Waals surface area contributed by atoms with E-state index in [9.17, 15) is 4.79 Å². The predicted molar refractivity (Wildman–Crippen MR) is 107 cm³/mol. The lowest BCUT2D eigenvalue weighted by atomic mass is 9.93. The van der Waals surface area contributed by atoms with Crippen molar-refractivity contribution >= 4 is 27.7 Å². The molecule has 0 bridgehead atoms. The van der Waals surface area contributed by atoms with Crippen LogP contribution in [-0.2, 0) is 17.6 Å². The van der Waals surface area contributed by atoms with Crippen LogP contribution >= 0.6 is 0 Å². The van der Waals surface area contributed by atoms with Crippen molar-refractivity contribution in [3.05, 3.63) is 53.6 Å². The monoisotopic (exact) mass is 350 g/mol. The van der Waals surface area contributed by atoms with Crippen molar-refractivity contribution in [1.82, 2.24) is 0 Å². The van der Waals surface area contributed by atoms with Gasteiger partial charge in [-0.3, -0.25) is 0 Å². The fraction of sp³-hybridized carbons (Fsp3) is 0.348. The second kappa shape index (κ2) is 8.22. The number of aryl methyl sites for hydroxylation is 2. The van der Waals surface area contributed by atoms with Crippen molar-refractivity contribution in [2.45, 2.75) is 46.5 Å². The summed E-state index contributed by atoms with van der Waals surface area (Å²) < 4.78 is 11.0. The minimum atomic E-state index is -0.625. The molecule has 26 heavy (non-hydrogen) atoms. The van der Waals surface area contributed by atoms with Gasteiger partial charge < -0.3 is 9.47 Å². The first-order chi connectivity index (χ1) is 12.7. The lowest BCUT2D eigenvalue weighted by Crippen LogP contribution is -2.12. The largest absolute Gasteiger partial charge is 0.513 e. The Balaban J connectivity index is 2.20. The summed E-state index contributed by atoms with van der Waals surface area (Å²) in [5.74, 6) is 0.617. The Labute approximate surface area is 154 Å². The molecule has 3 rings (SSSR count). The minimum absolute atomic E-state index is 0.388. The zero-order valence-corrected chi connectivity index (χ0v) is 15.8. The number of hydrogen-bond donors (Lipinski definition) is 0. The molecule has 3 aromatic rings. The van der Waals surface area contributed by atoms with Crippen molar-refractivity contribution in [1.29, 1.82) is 0 Å². The van der Waals surface area contributed by atoms with Crippen molar-refractivity contribution in [2.24, 2.45) is 0 Å². The van der Waals surface area contributed by atoms with Crippen LogP contribution in [0.2, 0.25) is 0 Å². The van der Waals surface area contributed by atoms with E-state index >= 15 is 0 Å². The number of hydrogen-bond acceptors (Lipinski definition) is 3. The van der Waals surface area contributed by atoms with E-state index in [1.165, 1.54) is 11.1 Å². The number of carbonyl (C=O) groups is 1. The summed E-state index contributed by atoms with van der Waals surface area (Å²) >= 11 is 0. The lowest BCUT2D eigenvalue weighted by molar-refractivity contribution is 0.0988. The predicted octanol–water partition coefficient (Wildman–Crippen LogP) is 6.43. The van der Waals surface area contributed by atoms with E-state index in [2.05, 4.69) is 45.0 Å². The highest BCUT2D eigenvalue weighted by atomic mass is 16.7. The van der Waals surface area contributed by atoms with Crippen LogP contribution < -0.4 is 4.74 Å². The SMILES string of the molecule is CCCCOC(=O)Oc1c2ccccc2cc2c(CC)ccc(CC)c12. The number of fused-ring (bicyclic) bond motifs is 2. The van der Waals surface area contributed by atoms with Gasteiger partial charge in [0, 0.05) is 10.8 Å². The first-order valence-electron chi connectivity index (χ1n) is 9.50. The van der Waals surface area contributed by atoms with Gasteiger partial charge in [0.2, 0.25) is 0 Å². The van der Waals surface area contributed by atoms with E-state index < -0.39 is 6.16 Å². The number of unbranched alkanes of at least 4 members (excludes halogenated alkanes) is 1. The van der Waals surface area contributed by atoms with Crippen LogP contribution in [0.5, 0.6) is 5.75 Å². The maximum absolute atomic E-state index is 12.3. The first kappa shape index (κ1) is 18.2. The lowest BCUT2D eigenvalue weighted by Gasteiger charge is -2.16. The molecule has 0 aliphatic carbocycles. The van der Waals surface area contributed by atoms with Gasteiger partial charge in [0.1, 0.15) is 5.75 Å². The van der Waals surface area contributed by atoms with Crippen LogP contribution in [0, 0.1) is 0 Å². The summed E-state index contributed by atoms with van der Waals surface area (Å²) in [5, 5.41) is 4.19. The summed E-state index contributed by atoms with van der Waals surface area (Å²) in [4.78, 5) is 12.3. The van der Waals surface area contributed by atoms with Gasteiger partial charge in [0.05, 0.1) is 6.61 Å². The first-order valence-corrected chi connectivity index (χ1v) is 9.50. The van der Waals surface area contributed by atoms with Crippen LogP contribution in [0.4, 0.5) is 4.79 Å². The average molecular weight is 350 g/mol. The fourth-order valence-corrected chi connectivity index (χ4v) is 3.38. The average Bonchev–Trinajstić information content (AvgIpc) is 2.67. The van der Waals surface area contributed by atoms with Gasteiger partial charge in [-0.2, -0.15) is 0 Å². The molecule has 0 fully saturated rings. The Morgan fingerprint density at radius 2 is 1.65 bits per heavy atom. The quantitative estimate of drug-likeness (QED) is 0.222. The van der Waals surface area contributed by atoms with Crippen LogP contribution in [0.1, 0.15) is 44.7 Å². The van der Waals surface area contributed by atoms with E-state index in [-0.39, 0.29) is 0 Å². The Hall–Kier alpha value is -2.55. The highest BCUT2D eigenvalue weighted by Crippen LogP contribution is 2.39. The number of benzene rings is 3. The zero-order chi connectivity index (χ0) is 18.5. The summed E-state index contributed by atoms with van der Waals surface area (Å²) in [6, 6.07) is 14.6. The third-order valence-corrected chi connectivity index (χ3v) is 4.82. The van der Waals surface area contributed by atoms with Gasteiger partial charge in [-0.15, -0.1) is 0 Å². The normalized spacial score (nSPS) is 11.0. The molecule has 0 saturated carbocycles. The molecule has 0 radical (unpaired) electrons. The van der Waals surface area contributed by atoms with E-state index in [0.717, 1.165) is 47.2 Å². The van der Waals surface area contributed by atoms with Crippen molar-refractivity contribution in [3.63, 3.8) is 0 Å². The highest BCUT2D eigenvalue weighted by molar-refractivity contribution is 6.08. The molecule has 0 spiro atoms. The molecular weight excluding hydrogens is 324 g/mol. The molecule has 3 heteroatoms. The Bertz CT molecular complexity index is 928. The summed E-state index contributed by atoms with van der Waals surface area (Å²) in [7, 11) is 0. The molecule has 0 amide bonds. The fourth-order valence-electron chi connectivity index (χ4n) is 3.38. The van der Waals surface area contributed by atoms with Crippen molar-refractivity contribution in [3.8, 4) is 5.75 Å². The smallest absolute Gasteiger partial charge is 0.434 e. The third-order valence-electron chi connectivity index (χ3n) is 4.82. The molecule has 0 aliphatic heterocycles. The maximum Gasteiger partial charge on any atom is 0.513 e. The van der Waals surface area contributed by atoms with Crippen molar-refractivity contribution < 1.29 is 14.3 Å². The molecule has 0 unspecified atom stereocenters. The summed E-state index contributed by atoms with van der Waals surface area (Å²) in [5.41, 5.74) is 2.44. The Morgan fingerprint density at radius 1 is 0.923 bits per heavy atom. The Morgan fingerprint density at radius 3 is 2.38 bits per heavy atom. The topological polar surface area (TPSA) is 35.5 Å². The third kappa shape index (κ3) is 3.52. The molecule has 0 saturated heterocycles. The van der Waals surface area contributed by atoms with Crippen LogP contribution in [0.25, 0.3) is 21.5 Å². The molecule has 136 valence electrons. The van der Waals surface area contributed by atoms with E-state index in [0.29, 0.717) is 12.4 Å². The van der Waals surface area contributed by atoms with Crippen molar-refractivity contribution in [2.75, 3.05) is 6.61 Å². The zero-order valence-electron chi connectivity index (χ0n) is 15.8. The Kier molecular flexibility index (Phi) is 5.77. The standard InChI is InChI=1S/C23H26O3/c1-4-7-14-25-23(24)26-22-19-11-9-8-10-18(19)15-20-16(5-2)12-13-17(6-3)21(20)22/h8-13,15H,4-7,14H2,1-3H3. The van der Waals surface area contributed by atoms with Crippen LogP contribution in [-0.4, -0.2) is 12.8 Å². The molecule has 0 aliphatic rings. The number of carbonyl (C=O) groups excluding carboxylic acids is 1. The second-order valence-corrected chi connectivity index (χ2v) is 6.49. The minimum Gasteiger partial charge on any atom is -0.434 e. The van der Waals surface area contributed by atoms with Gasteiger partial charge in [0.25, 0.3) is 0 Å². The van der Waals surface area contributed by atoms with Gasteiger partial charge in [-0.25, -0.2) is 4.79 Å². The molecule has 3 aromatic carbocycles. The molecule has 3 nitrogen and oxygen atoms in total. The van der Waals surface area contributed by atoms with E-state index in [1.807, 2.05) is 18.2 Å². The van der Waals surface area contributed by atoms with E-state index in [1.54, 1.807) is 0 Å². The van der Waals surface area contributed by atoms with Gasteiger partial charge >= 0.3 is 6.16 Å². The van der Waals surface area contributed by atoms with Crippen LogP contribution in [0.15, 0.2) is 42.5 Å². The van der Waals surface area contributed by atoms with Crippen LogP contribution in [0.3, 0.4) is 0 Å². The van der Waals surface area contributed by atoms with Gasteiger partial charge in [0.15, 0.2) is 0 Å². The number of rotatable bonds is 6. The second-order valence-electron chi connectivity index (χ2n) is 6.49. The highest BCUT2D eigenvalue weighted by Gasteiger charge is 2.17. The molecule has 0 heterocycles. The molecular formula is C23H26O3. The molecule has 0 N–H and O–H groups in total. The number of ether oxygens (including phenoxy) is 2. The summed E-state index contributed by atoms with van der Waals surface area (Å²) in [6.45, 7) is 6.72. The molecule has 0 aromatic heterocycles. The summed E-state index contributed by atoms with van der Waals surface area (Å²) in [6.07, 6.45) is 3.00. The molecule has 0 atom stereocenters. The van der Waals surface area contributed by atoms with Gasteiger partial charge in [-0.1, -0.05) is 63.6 Å². The maximum atomic E-state index is 12.3.